The molecule has 0 aromatic carbocycles. The monoisotopic (exact) mass is 705 g/mol. The Balaban J connectivity index is -0.000000182. The predicted molar refractivity (Wildman–Crippen MR) is 191 cm³/mol. The van der Waals surface area contributed by atoms with Crippen molar-refractivity contribution in [3.05, 3.63) is 0 Å². The van der Waals surface area contributed by atoms with Gasteiger partial charge in [0, 0.05) is 10.4 Å². The number of quaternary nitrogens is 2. The normalized spacial score (nSPS) is 10.9. The maximum Gasteiger partial charge on any atom is 0.503 e. The van der Waals surface area contributed by atoms with Gasteiger partial charge in [0.2, 0.25) is 0 Å². The minimum absolute atomic E-state index is 1.35. The summed E-state index contributed by atoms with van der Waals surface area (Å²) in [6.45, 7) is 30.0. The van der Waals surface area contributed by atoms with E-state index in [0.717, 1.165) is 0 Å². The first kappa shape index (κ1) is 54.8. The molecule has 0 spiro atoms. The molecule has 0 bridgehead atoms. The van der Waals surface area contributed by atoms with E-state index >= 15 is 0 Å². The van der Waals surface area contributed by atoms with E-state index in [9.17, 15) is 0 Å². The van der Waals surface area contributed by atoms with Crippen molar-refractivity contribution in [3.63, 3.8) is 0 Å². The maximum absolute atomic E-state index is 8.56. The van der Waals surface area contributed by atoms with Crippen LogP contribution in [0.15, 0.2) is 0 Å². The van der Waals surface area contributed by atoms with Crippen LogP contribution < -0.4 is 0 Å². The van der Waals surface area contributed by atoms with Crippen LogP contribution in [0.4, 0.5) is 9.59 Å². The number of carboxylic acid groups (broad SMARTS) is 4. The number of rotatable bonds is 24. The van der Waals surface area contributed by atoms with Crippen LogP contribution in [0.25, 0.3) is 0 Å². The molecule has 0 aliphatic rings. The fourth-order valence-corrected chi connectivity index (χ4v) is 5.29. The highest BCUT2D eigenvalue weighted by Crippen LogP contribution is 2.17. The Morgan fingerprint density at radius 1 is 0.404 bits per heavy atom. The molecular weight excluding hydrogens is 628 g/mol. The molecule has 288 valence electrons. The summed E-state index contributed by atoms with van der Waals surface area (Å²) >= 11 is 0. The van der Waals surface area contributed by atoms with E-state index in [1.165, 1.54) is 164 Å². The summed E-state index contributed by atoms with van der Waals surface area (Å²) in [7, 11) is -5.17. The molecule has 0 aromatic heterocycles. The van der Waals surface area contributed by atoms with Crippen LogP contribution in [0.5, 0.6) is 0 Å². The first-order valence-electron chi connectivity index (χ1n) is 18.2. The molecule has 13 heteroatoms. The number of carbonyl (C=O) groups is 2. The van der Waals surface area contributed by atoms with Crippen LogP contribution in [0.3, 0.4) is 0 Å². The van der Waals surface area contributed by atoms with Crippen LogP contribution in [0.1, 0.15) is 158 Å². The first-order chi connectivity index (χ1) is 21.9. The van der Waals surface area contributed by atoms with Gasteiger partial charge in [-0.05, 0) is 51.4 Å². The molecule has 0 saturated heterocycles. The van der Waals surface area contributed by atoms with Gasteiger partial charge in [-0.25, -0.2) is 9.59 Å². The first-order valence-corrected chi connectivity index (χ1v) is 19.5. The molecule has 0 radical (unpaired) electrons. The van der Waals surface area contributed by atoms with Crippen LogP contribution in [-0.4, -0.2) is 112 Å². The van der Waals surface area contributed by atoms with Gasteiger partial charge in [-0.2, -0.15) is 0 Å². The third-order valence-corrected chi connectivity index (χ3v) is 7.89. The third-order valence-electron chi connectivity index (χ3n) is 7.89. The zero-order valence-electron chi connectivity index (χ0n) is 31.5. The maximum atomic E-state index is 8.56. The van der Waals surface area contributed by atoms with Crippen LogP contribution in [-0.2, 0) is 10.4 Å². The molecule has 0 saturated carbocycles. The number of hydrogen-bond donors (Lipinski definition) is 4. The lowest BCUT2D eigenvalue weighted by Gasteiger charge is -2.39. The molecule has 4 N–H and O–H groups in total. The highest BCUT2D eigenvalue weighted by Gasteiger charge is 2.25. The Bertz CT molecular complexity index is 629. The molecule has 0 amide bonds. The average molecular weight is 705 g/mol. The summed E-state index contributed by atoms with van der Waals surface area (Å²) < 4.78 is 36.9. The van der Waals surface area contributed by atoms with Gasteiger partial charge < -0.3 is 38.5 Å². The van der Waals surface area contributed by atoms with Gasteiger partial charge >= 0.3 is 12.3 Å². The smallest absolute Gasteiger partial charge is 0.503 e. The minimum atomic E-state index is -5.17. The molecule has 0 heterocycles. The van der Waals surface area contributed by atoms with Gasteiger partial charge in [0.1, 0.15) is 0 Å². The zero-order chi connectivity index (χ0) is 37.6. The van der Waals surface area contributed by atoms with E-state index in [1.807, 2.05) is 0 Å². The summed E-state index contributed by atoms with van der Waals surface area (Å²) in [5.41, 5.74) is 0. The Morgan fingerprint density at radius 2 is 0.489 bits per heavy atom. The molecule has 0 aliphatic carbocycles. The van der Waals surface area contributed by atoms with E-state index in [4.69, 9.17) is 47.5 Å². The Hall–Kier alpha value is -1.67. The molecule has 0 atom stereocenters. The molecule has 47 heavy (non-hydrogen) atoms. The lowest BCUT2D eigenvalue weighted by atomic mass is 10.1. The molecule has 0 rings (SSSR count). The second-order valence-corrected chi connectivity index (χ2v) is 13.1. The summed E-state index contributed by atoms with van der Waals surface area (Å²) in [6.07, 6.45) is 18.5. The van der Waals surface area contributed by atoms with Crippen molar-refractivity contribution >= 4 is 22.7 Å². The minimum Gasteiger partial charge on any atom is -0.759 e. The summed E-state index contributed by atoms with van der Waals surface area (Å²) in [4.78, 5) is 17.1. The van der Waals surface area contributed by atoms with Gasteiger partial charge in [-0.15, -0.1) is 0 Å². The Morgan fingerprint density at radius 3 is 0.553 bits per heavy atom. The standard InChI is InChI=1S/2C16H36N.2CH2O3.H2O4S/c2*1-5-9-13-17(14-10-6-2,15-11-7-3)16-12-8-4;2*2-1(3)4;1-5(2,3)4/h2*5-16H2,1-4H3;2*(H2,2,3,4);(H2,1,2,3,4)/q2*+1;;;/p-2. The third kappa shape index (κ3) is 54.1. The van der Waals surface area contributed by atoms with Gasteiger partial charge in [-0.1, -0.05) is 107 Å². The van der Waals surface area contributed by atoms with Gasteiger partial charge in [0.25, 0.3) is 0 Å². The summed E-state index contributed by atoms with van der Waals surface area (Å²) in [5, 5.41) is 27.9. The van der Waals surface area contributed by atoms with E-state index in [0.29, 0.717) is 0 Å². The average Bonchev–Trinajstić information content (AvgIpc) is 2.98. The number of unbranched alkanes of at least 4 members (excludes halogenated alkanes) is 8. The van der Waals surface area contributed by atoms with E-state index < -0.39 is 22.7 Å². The lowest BCUT2D eigenvalue weighted by molar-refractivity contribution is -0.929. The largest absolute Gasteiger partial charge is 0.759 e. The van der Waals surface area contributed by atoms with Gasteiger partial charge in [0.15, 0.2) is 0 Å². The molecule has 0 unspecified atom stereocenters. The summed E-state index contributed by atoms with van der Waals surface area (Å²) in [6, 6.07) is 0. The van der Waals surface area contributed by atoms with Crippen LogP contribution >= 0.6 is 0 Å². The molecule has 12 nitrogen and oxygen atoms in total. The van der Waals surface area contributed by atoms with E-state index in [2.05, 4.69) is 55.4 Å². The fraction of sp³-hybridized carbons (Fsp3) is 0.941. The SMILES string of the molecule is CCCC[N+](CCCC)(CCCC)CCCC.CCCC[N+](CCCC)(CCCC)CCCC.O=C(O)O.O=C(O)O.O=S(=O)([O-])[O-]. The second kappa shape index (κ2) is 38.8. The van der Waals surface area contributed by atoms with Crippen molar-refractivity contribution in [2.24, 2.45) is 0 Å². The van der Waals surface area contributed by atoms with Crippen molar-refractivity contribution in [3.8, 4) is 0 Å². The lowest BCUT2D eigenvalue weighted by Crippen LogP contribution is -2.50. The van der Waals surface area contributed by atoms with Crippen molar-refractivity contribution in [2.75, 3.05) is 52.4 Å². The zero-order valence-corrected chi connectivity index (χ0v) is 32.3. The fourth-order valence-electron chi connectivity index (χ4n) is 5.29. The van der Waals surface area contributed by atoms with Crippen molar-refractivity contribution in [2.45, 2.75) is 158 Å². The predicted octanol–water partition coefficient (Wildman–Crippen LogP) is 9.11. The molecule has 0 aliphatic heterocycles. The molecular formula is C34H76N2O10S. The summed E-state index contributed by atoms with van der Waals surface area (Å²) in [5.74, 6) is 0. The Kier molecular flexibility index (Phi) is 45.2. The van der Waals surface area contributed by atoms with Gasteiger partial charge in [-0.3, -0.25) is 8.42 Å². The van der Waals surface area contributed by atoms with E-state index in [-0.39, 0.29) is 0 Å². The Labute approximate surface area is 289 Å². The van der Waals surface area contributed by atoms with Crippen LogP contribution in [0, 0.1) is 0 Å². The van der Waals surface area contributed by atoms with Gasteiger partial charge in [0.05, 0.1) is 52.4 Å². The second-order valence-electron chi connectivity index (χ2n) is 12.3. The molecule has 0 aromatic rings. The number of hydrogen-bond acceptors (Lipinski definition) is 6. The van der Waals surface area contributed by atoms with Crippen molar-refractivity contribution in [1.29, 1.82) is 0 Å². The highest BCUT2D eigenvalue weighted by molar-refractivity contribution is 7.79. The topological polar surface area (TPSA) is 195 Å². The highest BCUT2D eigenvalue weighted by atomic mass is 32.3. The number of nitrogens with zero attached hydrogens (tertiary/aromatic N) is 2. The van der Waals surface area contributed by atoms with Crippen molar-refractivity contribution in [1.82, 2.24) is 0 Å². The van der Waals surface area contributed by atoms with E-state index in [1.54, 1.807) is 0 Å². The quantitative estimate of drug-likeness (QED) is 0.0427. The molecule has 0 fully saturated rings. The van der Waals surface area contributed by atoms with Crippen molar-refractivity contribution < 1.29 is 56.5 Å². The van der Waals surface area contributed by atoms with Crippen LogP contribution in [0.2, 0.25) is 0 Å².